The first kappa shape index (κ1) is 25.5. The molecule has 0 spiro atoms. The molecule has 0 aromatic heterocycles. The molecule has 0 radical (unpaired) electrons. The Kier molecular flexibility index (Phi) is 11.3. The number of amides is 2. The molecular formula is C13H21F3N2O7S2. The Morgan fingerprint density at radius 1 is 1.11 bits per heavy atom. The van der Waals surface area contributed by atoms with Crippen LogP contribution >= 0.6 is 11.8 Å². The van der Waals surface area contributed by atoms with E-state index in [1.807, 2.05) is 0 Å². The summed E-state index contributed by atoms with van der Waals surface area (Å²) >= 11 is 1.37. The van der Waals surface area contributed by atoms with Crippen LogP contribution in [-0.2, 0) is 33.9 Å². The molecule has 0 fully saturated rings. The Hall–Kier alpha value is -1.54. The third kappa shape index (κ3) is 9.81. The number of nitrogens with zero attached hydrogens (tertiary/aromatic N) is 1. The van der Waals surface area contributed by atoms with Crippen LogP contribution in [0.25, 0.3) is 0 Å². The molecule has 158 valence electrons. The molecule has 0 rings (SSSR count). The van der Waals surface area contributed by atoms with E-state index in [0.717, 1.165) is 0 Å². The van der Waals surface area contributed by atoms with Gasteiger partial charge >= 0.3 is 21.5 Å². The molecule has 0 aromatic carbocycles. The number of sulfonamides is 1. The van der Waals surface area contributed by atoms with Crippen molar-refractivity contribution in [1.82, 2.24) is 9.62 Å². The van der Waals surface area contributed by atoms with E-state index >= 15 is 0 Å². The van der Waals surface area contributed by atoms with E-state index in [9.17, 15) is 36.0 Å². The van der Waals surface area contributed by atoms with E-state index in [4.69, 9.17) is 9.47 Å². The molecule has 0 heterocycles. The van der Waals surface area contributed by atoms with Crippen molar-refractivity contribution in [2.45, 2.75) is 18.3 Å². The van der Waals surface area contributed by atoms with Crippen molar-refractivity contribution in [3.63, 3.8) is 0 Å². The number of carbonyl (C=O) groups excluding carboxylic acids is 3. The van der Waals surface area contributed by atoms with Crippen molar-refractivity contribution in [3.05, 3.63) is 0 Å². The van der Waals surface area contributed by atoms with Crippen LogP contribution in [0.4, 0.5) is 13.2 Å². The molecule has 14 heteroatoms. The molecule has 27 heavy (non-hydrogen) atoms. The van der Waals surface area contributed by atoms with Crippen LogP contribution in [0.15, 0.2) is 0 Å². The molecule has 1 N–H and O–H groups in total. The SMILES string of the molecule is CSCC(=O)NCCOCCOC(=O)CCC(=O)N(C)S(=O)(=O)C(F)(F)F. The summed E-state index contributed by atoms with van der Waals surface area (Å²) in [6, 6.07) is 0. The molecule has 0 aromatic rings. The van der Waals surface area contributed by atoms with Gasteiger partial charge in [-0.3, -0.25) is 14.4 Å². The van der Waals surface area contributed by atoms with E-state index in [-0.39, 0.29) is 32.3 Å². The quantitative estimate of drug-likeness (QED) is 0.337. The Labute approximate surface area is 159 Å². The van der Waals surface area contributed by atoms with Crippen LogP contribution < -0.4 is 5.32 Å². The van der Waals surface area contributed by atoms with Crippen molar-refractivity contribution in [2.75, 3.05) is 45.4 Å². The fourth-order valence-corrected chi connectivity index (χ4v) is 2.52. The van der Waals surface area contributed by atoms with E-state index in [2.05, 4.69) is 5.32 Å². The van der Waals surface area contributed by atoms with Gasteiger partial charge in [0.25, 0.3) is 0 Å². The minimum atomic E-state index is -5.78. The van der Waals surface area contributed by atoms with Gasteiger partial charge in [0.15, 0.2) is 0 Å². The normalized spacial score (nSPS) is 11.7. The van der Waals surface area contributed by atoms with E-state index in [1.165, 1.54) is 11.8 Å². The standard InChI is InChI=1S/C13H21F3N2O7S2/c1-18(27(22,23)13(14,15)16)11(20)3-4-12(21)25-8-7-24-6-5-17-10(19)9-26-2/h3-9H2,1-2H3,(H,17,19). The zero-order valence-corrected chi connectivity index (χ0v) is 16.3. The summed E-state index contributed by atoms with van der Waals surface area (Å²) in [6.07, 6.45) is 0.444. The van der Waals surface area contributed by atoms with Gasteiger partial charge in [0.1, 0.15) is 6.61 Å². The van der Waals surface area contributed by atoms with Gasteiger partial charge < -0.3 is 14.8 Å². The predicted octanol–water partition coefficient (Wildman–Crippen LogP) is 0.114. The summed E-state index contributed by atoms with van der Waals surface area (Å²) in [5, 5.41) is 2.59. The van der Waals surface area contributed by atoms with Gasteiger partial charge in [-0.2, -0.15) is 33.4 Å². The van der Waals surface area contributed by atoms with Crippen molar-refractivity contribution >= 4 is 39.6 Å². The van der Waals surface area contributed by atoms with Crippen molar-refractivity contribution < 1.29 is 45.4 Å². The first-order valence-electron chi connectivity index (χ1n) is 7.50. The minimum absolute atomic E-state index is 0.0143. The summed E-state index contributed by atoms with van der Waals surface area (Å²) in [6.45, 7) is 0.320. The molecular weight excluding hydrogens is 417 g/mol. The highest BCUT2D eigenvalue weighted by Gasteiger charge is 2.50. The number of nitrogens with one attached hydrogen (secondary N) is 1. The largest absolute Gasteiger partial charge is 0.516 e. The maximum Gasteiger partial charge on any atom is 0.516 e. The second-order valence-electron chi connectivity index (χ2n) is 4.93. The number of halogens is 3. The van der Waals surface area contributed by atoms with E-state index in [1.54, 1.807) is 6.26 Å². The van der Waals surface area contributed by atoms with Crippen molar-refractivity contribution in [2.24, 2.45) is 0 Å². The zero-order valence-electron chi connectivity index (χ0n) is 14.7. The maximum atomic E-state index is 12.3. The average Bonchev–Trinajstić information content (AvgIpc) is 2.57. The Balaban J connectivity index is 3.95. The lowest BCUT2D eigenvalue weighted by atomic mass is 10.3. The van der Waals surface area contributed by atoms with Gasteiger partial charge in [-0.25, -0.2) is 4.31 Å². The monoisotopic (exact) mass is 438 g/mol. The van der Waals surface area contributed by atoms with E-state index < -0.39 is 44.6 Å². The number of alkyl halides is 3. The first-order chi connectivity index (χ1) is 12.4. The zero-order chi connectivity index (χ0) is 21.1. The van der Waals surface area contributed by atoms with Gasteiger partial charge in [0, 0.05) is 20.0 Å². The molecule has 9 nitrogen and oxygen atoms in total. The summed E-state index contributed by atoms with van der Waals surface area (Å²) in [4.78, 5) is 34.0. The molecule has 0 unspecified atom stereocenters. The highest BCUT2D eigenvalue weighted by atomic mass is 32.2. The van der Waals surface area contributed by atoms with Gasteiger partial charge in [-0.1, -0.05) is 0 Å². The molecule has 0 atom stereocenters. The number of esters is 1. The summed E-state index contributed by atoms with van der Waals surface area (Å²) < 4.78 is 68.3. The fraction of sp³-hybridized carbons (Fsp3) is 0.769. The highest BCUT2D eigenvalue weighted by Crippen LogP contribution is 2.26. The first-order valence-corrected chi connectivity index (χ1v) is 10.3. The number of ether oxygens (including phenoxy) is 2. The van der Waals surface area contributed by atoms with Crippen LogP contribution in [0.2, 0.25) is 0 Å². The molecule has 0 bridgehead atoms. The van der Waals surface area contributed by atoms with Gasteiger partial charge in [-0.05, 0) is 6.26 Å². The van der Waals surface area contributed by atoms with Gasteiger partial charge in [0.2, 0.25) is 11.8 Å². The summed E-state index contributed by atoms with van der Waals surface area (Å²) in [5.74, 6) is -2.09. The second-order valence-corrected chi connectivity index (χ2v) is 7.75. The smallest absolute Gasteiger partial charge is 0.463 e. The predicted molar refractivity (Wildman–Crippen MR) is 90.1 cm³/mol. The average molecular weight is 438 g/mol. The Morgan fingerprint density at radius 2 is 1.74 bits per heavy atom. The molecule has 0 aliphatic heterocycles. The fourth-order valence-electron chi connectivity index (χ4n) is 1.49. The Bertz CT molecular complexity index is 612. The summed E-state index contributed by atoms with van der Waals surface area (Å²) in [5.41, 5.74) is -5.61. The minimum Gasteiger partial charge on any atom is -0.463 e. The van der Waals surface area contributed by atoms with Crippen LogP contribution in [0.1, 0.15) is 12.8 Å². The topological polar surface area (TPSA) is 119 Å². The number of thioether (sulfide) groups is 1. The number of hydrogen-bond acceptors (Lipinski definition) is 8. The lowest BCUT2D eigenvalue weighted by molar-refractivity contribution is -0.146. The maximum absolute atomic E-state index is 12.3. The molecule has 2 amide bonds. The highest BCUT2D eigenvalue weighted by molar-refractivity contribution is 7.99. The van der Waals surface area contributed by atoms with Gasteiger partial charge in [0.05, 0.1) is 25.4 Å². The Morgan fingerprint density at radius 3 is 2.30 bits per heavy atom. The molecule has 0 aliphatic carbocycles. The van der Waals surface area contributed by atoms with Crippen LogP contribution in [0.3, 0.4) is 0 Å². The number of rotatable bonds is 12. The number of hydrogen-bond donors (Lipinski definition) is 1. The molecule has 0 saturated heterocycles. The lowest BCUT2D eigenvalue weighted by Crippen LogP contribution is -2.41. The number of carbonyl (C=O) groups is 3. The van der Waals surface area contributed by atoms with Crippen LogP contribution in [0.5, 0.6) is 0 Å². The lowest BCUT2D eigenvalue weighted by Gasteiger charge is -2.18. The van der Waals surface area contributed by atoms with Gasteiger partial charge in [-0.15, -0.1) is 0 Å². The second kappa shape index (κ2) is 12.0. The molecule has 0 aliphatic rings. The summed E-state index contributed by atoms with van der Waals surface area (Å²) in [7, 11) is -5.32. The molecule has 0 saturated carbocycles. The van der Waals surface area contributed by atoms with E-state index in [0.29, 0.717) is 12.8 Å². The van der Waals surface area contributed by atoms with Crippen LogP contribution in [-0.4, -0.2) is 81.4 Å². The third-order valence-electron chi connectivity index (χ3n) is 2.88. The van der Waals surface area contributed by atoms with Crippen molar-refractivity contribution in [3.8, 4) is 0 Å². The third-order valence-corrected chi connectivity index (χ3v) is 4.94. The van der Waals surface area contributed by atoms with Crippen molar-refractivity contribution in [1.29, 1.82) is 0 Å². The van der Waals surface area contributed by atoms with Crippen LogP contribution in [0, 0.1) is 0 Å².